The van der Waals surface area contributed by atoms with Crippen LogP contribution in [0.15, 0.2) is 16.7 Å². The molecular weight excluding hydrogens is 208 g/mol. The minimum Gasteiger partial charge on any atom is -0.397 e. The maximum atomic E-state index is 9.14. The van der Waals surface area contributed by atoms with E-state index in [1.165, 1.54) is 0 Å². The normalized spacial score (nSPS) is 13.0. The van der Waals surface area contributed by atoms with Crippen LogP contribution >= 0.6 is 15.9 Å². The van der Waals surface area contributed by atoms with Crippen LogP contribution in [0.3, 0.4) is 0 Å². The minimum absolute atomic E-state index is 0.509. The lowest BCUT2D eigenvalue weighted by molar-refractivity contribution is 0.195. The smallest absolute Gasteiger partial charge is 0.0952 e. The molecule has 1 heterocycles. The average molecular weight is 217 g/mol. The number of hydrogen-bond acceptors (Lipinski definition) is 3. The molecule has 60 valence electrons. The Hall–Kier alpha value is -0.610. The molecule has 3 nitrogen and oxygen atoms in total. The van der Waals surface area contributed by atoms with Crippen LogP contribution in [0, 0.1) is 0 Å². The third-order valence-electron chi connectivity index (χ3n) is 1.31. The van der Waals surface area contributed by atoms with Gasteiger partial charge >= 0.3 is 0 Å². The highest BCUT2D eigenvalue weighted by atomic mass is 79.9. The van der Waals surface area contributed by atoms with Crippen molar-refractivity contribution in [2.24, 2.45) is 0 Å². The molecular formula is C7H9BrN2O. The molecule has 0 aliphatic carbocycles. The van der Waals surface area contributed by atoms with Gasteiger partial charge in [-0.15, -0.1) is 0 Å². The number of aliphatic hydroxyl groups excluding tert-OH is 1. The van der Waals surface area contributed by atoms with Gasteiger partial charge in [0.15, 0.2) is 0 Å². The molecule has 0 aliphatic rings. The summed E-state index contributed by atoms with van der Waals surface area (Å²) in [4.78, 5) is 3.96. The van der Waals surface area contributed by atoms with E-state index >= 15 is 0 Å². The summed E-state index contributed by atoms with van der Waals surface area (Å²) in [5.41, 5.74) is 6.60. The third-order valence-corrected chi connectivity index (χ3v) is 1.75. The topological polar surface area (TPSA) is 59.1 Å². The number of nitrogens with two attached hydrogens (primary N) is 1. The summed E-state index contributed by atoms with van der Waals surface area (Å²) in [6.45, 7) is 1.63. The monoisotopic (exact) mass is 216 g/mol. The van der Waals surface area contributed by atoms with Crippen molar-refractivity contribution in [3.63, 3.8) is 0 Å². The zero-order chi connectivity index (χ0) is 8.43. The van der Waals surface area contributed by atoms with Gasteiger partial charge in [-0.1, -0.05) is 0 Å². The number of halogens is 1. The van der Waals surface area contributed by atoms with E-state index in [9.17, 15) is 0 Å². The molecule has 0 spiro atoms. The number of rotatable bonds is 1. The summed E-state index contributed by atoms with van der Waals surface area (Å²) in [6, 6.07) is 1.72. The number of nitrogen functional groups attached to an aromatic ring is 1. The fourth-order valence-corrected chi connectivity index (χ4v) is 1.16. The van der Waals surface area contributed by atoms with Crippen molar-refractivity contribution in [3.05, 3.63) is 22.4 Å². The van der Waals surface area contributed by atoms with Gasteiger partial charge in [0, 0.05) is 10.7 Å². The van der Waals surface area contributed by atoms with E-state index in [0.29, 0.717) is 11.4 Å². The standard InChI is InChI=1S/C7H9BrN2O/c1-4(11)7-6(9)2-5(8)3-10-7/h2-4,11H,9H2,1H3/t4-/m1/s1. The van der Waals surface area contributed by atoms with Gasteiger partial charge in [0.25, 0.3) is 0 Å². The predicted octanol–water partition coefficient (Wildman–Crippen LogP) is 1.48. The average Bonchev–Trinajstić information content (AvgIpc) is 1.85. The first kappa shape index (κ1) is 8.49. The van der Waals surface area contributed by atoms with E-state index in [4.69, 9.17) is 10.8 Å². The highest BCUT2D eigenvalue weighted by Gasteiger charge is 2.06. The molecule has 0 unspecified atom stereocenters. The second kappa shape index (κ2) is 3.19. The van der Waals surface area contributed by atoms with Gasteiger partial charge in [-0.05, 0) is 28.9 Å². The van der Waals surface area contributed by atoms with E-state index < -0.39 is 6.10 Å². The molecule has 11 heavy (non-hydrogen) atoms. The van der Waals surface area contributed by atoms with Gasteiger partial charge < -0.3 is 10.8 Å². The van der Waals surface area contributed by atoms with Gasteiger partial charge in [0.05, 0.1) is 17.5 Å². The van der Waals surface area contributed by atoms with E-state index in [0.717, 1.165) is 4.47 Å². The van der Waals surface area contributed by atoms with Crippen molar-refractivity contribution >= 4 is 21.6 Å². The Morgan fingerprint density at radius 3 is 2.82 bits per heavy atom. The van der Waals surface area contributed by atoms with Gasteiger partial charge in [0.1, 0.15) is 0 Å². The summed E-state index contributed by atoms with van der Waals surface area (Å²) >= 11 is 3.22. The highest BCUT2D eigenvalue weighted by Crippen LogP contribution is 2.20. The lowest BCUT2D eigenvalue weighted by atomic mass is 10.2. The molecule has 0 aromatic carbocycles. The Morgan fingerprint density at radius 1 is 1.73 bits per heavy atom. The van der Waals surface area contributed by atoms with Crippen molar-refractivity contribution in [2.75, 3.05) is 5.73 Å². The molecule has 0 bridgehead atoms. The molecule has 0 saturated carbocycles. The number of nitrogens with zero attached hydrogens (tertiary/aromatic N) is 1. The van der Waals surface area contributed by atoms with Crippen LogP contribution in [-0.4, -0.2) is 10.1 Å². The Labute approximate surface area is 73.4 Å². The Morgan fingerprint density at radius 2 is 2.36 bits per heavy atom. The predicted molar refractivity (Wildman–Crippen MR) is 47.0 cm³/mol. The second-order valence-corrected chi connectivity index (χ2v) is 3.22. The summed E-state index contributed by atoms with van der Waals surface area (Å²) in [5.74, 6) is 0. The van der Waals surface area contributed by atoms with Crippen LogP contribution in [-0.2, 0) is 0 Å². The van der Waals surface area contributed by atoms with Gasteiger partial charge in [-0.2, -0.15) is 0 Å². The largest absolute Gasteiger partial charge is 0.397 e. The fraction of sp³-hybridized carbons (Fsp3) is 0.286. The van der Waals surface area contributed by atoms with Crippen LogP contribution in [0.5, 0.6) is 0 Å². The zero-order valence-corrected chi connectivity index (χ0v) is 7.67. The fourth-order valence-electron chi connectivity index (χ4n) is 0.815. The van der Waals surface area contributed by atoms with Crippen LogP contribution in [0.4, 0.5) is 5.69 Å². The Bertz CT molecular complexity index is 263. The number of hydrogen-bond donors (Lipinski definition) is 2. The minimum atomic E-state index is -0.608. The molecule has 0 aliphatic heterocycles. The first-order valence-corrected chi connectivity index (χ1v) is 3.99. The summed E-state index contributed by atoms with van der Waals surface area (Å²) in [7, 11) is 0. The van der Waals surface area contributed by atoms with Gasteiger partial charge in [-0.25, -0.2) is 0 Å². The van der Waals surface area contributed by atoms with Crippen LogP contribution in [0.25, 0.3) is 0 Å². The van der Waals surface area contributed by atoms with E-state index in [2.05, 4.69) is 20.9 Å². The molecule has 0 saturated heterocycles. The molecule has 1 atom stereocenters. The first-order chi connectivity index (χ1) is 5.11. The second-order valence-electron chi connectivity index (χ2n) is 2.30. The Balaban J connectivity index is 3.09. The lowest BCUT2D eigenvalue weighted by Crippen LogP contribution is -2.01. The molecule has 0 amide bonds. The number of aliphatic hydroxyl groups is 1. The zero-order valence-electron chi connectivity index (χ0n) is 6.08. The maximum absolute atomic E-state index is 9.14. The molecule has 0 radical (unpaired) electrons. The molecule has 0 fully saturated rings. The maximum Gasteiger partial charge on any atom is 0.0952 e. The first-order valence-electron chi connectivity index (χ1n) is 3.20. The van der Waals surface area contributed by atoms with Crippen molar-refractivity contribution in [3.8, 4) is 0 Å². The van der Waals surface area contributed by atoms with Crippen molar-refractivity contribution in [1.29, 1.82) is 0 Å². The van der Waals surface area contributed by atoms with Crippen molar-refractivity contribution < 1.29 is 5.11 Å². The van der Waals surface area contributed by atoms with Crippen LogP contribution in [0.1, 0.15) is 18.7 Å². The van der Waals surface area contributed by atoms with Crippen molar-refractivity contribution in [1.82, 2.24) is 4.98 Å². The van der Waals surface area contributed by atoms with Gasteiger partial charge in [-0.3, -0.25) is 4.98 Å². The van der Waals surface area contributed by atoms with E-state index in [1.807, 2.05) is 0 Å². The van der Waals surface area contributed by atoms with Crippen LogP contribution < -0.4 is 5.73 Å². The van der Waals surface area contributed by atoms with Gasteiger partial charge in [0.2, 0.25) is 0 Å². The SMILES string of the molecule is C[C@@H](O)c1ncc(Br)cc1N. The number of anilines is 1. The van der Waals surface area contributed by atoms with E-state index in [-0.39, 0.29) is 0 Å². The molecule has 1 aromatic heterocycles. The van der Waals surface area contributed by atoms with Crippen LogP contribution in [0.2, 0.25) is 0 Å². The number of pyridine rings is 1. The highest BCUT2D eigenvalue weighted by molar-refractivity contribution is 9.10. The number of aromatic nitrogens is 1. The molecule has 1 aromatic rings. The lowest BCUT2D eigenvalue weighted by Gasteiger charge is -2.06. The third kappa shape index (κ3) is 1.91. The Kier molecular flexibility index (Phi) is 2.46. The van der Waals surface area contributed by atoms with E-state index in [1.54, 1.807) is 19.2 Å². The molecule has 1 rings (SSSR count). The summed E-state index contributed by atoms with van der Waals surface area (Å²) in [5, 5.41) is 9.14. The quantitative estimate of drug-likeness (QED) is 0.748. The molecule has 3 N–H and O–H groups in total. The summed E-state index contributed by atoms with van der Waals surface area (Å²) in [6.07, 6.45) is 1.00. The van der Waals surface area contributed by atoms with Crippen molar-refractivity contribution in [2.45, 2.75) is 13.0 Å². The summed E-state index contributed by atoms with van der Waals surface area (Å²) < 4.78 is 0.819. The molecule has 4 heteroatoms.